The van der Waals surface area contributed by atoms with Crippen LogP contribution < -0.4 is 0 Å². The maximum atomic E-state index is 12.2. The maximum Gasteiger partial charge on any atom is 0.163 e. The molecule has 0 amide bonds. The van der Waals surface area contributed by atoms with Gasteiger partial charge in [0.25, 0.3) is 0 Å². The minimum absolute atomic E-state index is 0.138. The van der Waals surface area contributed by atoms with Gasteiger partial charge in [-0.05, 0) is 48.6 Å². The van der Waals surface area contributed by atoms with Gasteiger partial charge in [-0.25, -0.2) is 0 Å². The van der Waals surface area contributed by atoms with Gasteiger partial charge in [-0.2, -0.15) is 0 Å². The Hall–Kier alpha value is -3.66. The Labute approximate surface area is 169 Å². The summed E-state index contributed by atoms with van der Waals surface area (Å²) in [6.45, 7) is 0. The third-order valence-electron chi connectivity index (χ3n) is 5.21. The third kappa shape index (κ3) is 3.83. The van der Waals surface area contributed by atoms with Gasteiger partial charge in [0, 0.05) is 47.3 Å². The molecule has 4 nitrogen and oxygen atoms in total. The summed E-state index contributed by atoms with van der Waals surface area (Å²) < 4.78 is 4.06. The number of benzene rings is 2. The summed E-state index contributed by atoms with van der Waals surface area (Å²) in [7, 11) is 3.93. The molecule has 2 aromatic heterocycles. The minimum Gasteiger partial charge on any atom is -0.344 e. The van der Waals surface area contributed by atoms with Gasteiger partial charge in [-0.15, -0.1) is 0 Å². The van der Waals surface area contributed by atoms with Gasteiger partial charge < -0.3 is 9.13 Å². The van der Waals surface area contributed by atoms with Crippen LogP contribution in [0.5, 0.6) is 0 Å². The third-order valence-corrected chi connectivity index (χ3v) is 5.21. The molecule has 0 aliphatic rings. The largest absolute Gasteiger partial charge is 0.344 e. The molecule has 0 unspecified atom stereocenters. The van der Waals surface area contributed by atoms with E-state index in [0.29, 0.717) is 0 Å². The highest BCUT2D eigenvalue weighted by Gasteiger charge is 2.07. The zero-order valence-corrected chi connectivity index (χ0v) is 16.5. The Balaban J connectivity index is 1.43. The number of ketones is 2. The molecule has 144 valence electrons. The van der Waals surface area contributed by atoms with E-state index in [0.717, 1.165) is 33.2 Å². The second-order valence-electron chi connectivity index (χ2n) is 7.15. The van der Waals surface area contributed by atoms with E-state index in [1.54, 1.807) is 12.2 Å². The molecule has 2 aromatic carbocycles. The molecule has 4 rings (SSSR count). The number of carbonyl (C=O) groups is 2. The summed E-state index contributed by atoms with van der Waals surface area (Å²) in [5.41, 5.74) is 4.07. The van der Waals surface area contributed by atoms with Crippen LogP contribution in [0.2, 0.25) is 0 Å². The van der Waals surface area contributed by atoms with Crippen LogP contribution in [0.25, 0.3) is 34.0 Å². The molecule has 0 aliphatic heterocycles. The molecule has 0 bridgehead atoms. The second-order valence-corrected chi connectivity index (χ2v) is 7.15. The molecule has 0 atom stereocenters. The average Bonchev–Trinajstić information content (AvgIpc) is 3.22. The van der Waals surface area contributed by atoms with Crippen LogP contribution in [-0.2, 0) is 23.7 Å². The predicted octanol–water partition coefficient (Wildman–Crippen LogP) is 4.92. The number of aromatic nitrogens is 2. The van der Waals surface area contributed by atoms with Crippen LogP contribution in [-0.4, -0.2) is 20.7 Å². The number of para-hydroxylation sites is 2. The quantitative estimate of drug-likeness (QED) is 0.351. The topological polar surface area (TPSA) is 44.0 Å². The molecule has 0 saturated carbocycles. The molecular formula is C25H22N2O2. The van der Waals surface area contributed by atoms with E-state index < -0.39 is 0 Å². The molecule has 29 heavy (non-hydrogen) atoms. The maximum absolute atomic E-state index is 12.2. The van der Waals surface area contributed by atoms with E-state index in [9.17, 15) is 9.59 Å². The molecule has 2 heterocycles. The van der Waals surface area contributed by atoms with Crippen molar-refractivity contribution < 1.29 is 9.59 Å². The number of hydrogen-bond acceptors (Lipinski definition) is 2. The van der Waals surface area contributed by atoms with Crippen LogP contribution in [0.3, 0.4) is 0 Å². The lowest BCUT2D eigenvalue weighted by Gasteiger charge is -1.99. The van der Waals surface area contributed by atoms with E-state index in [2.05, 4.69) is 0 Å². The van der Waals surface area contributed by atoms with Crippen LogP contribution in [0.15, 0.2) is 72.8 Å². The predicted molar refractivity (Wildman–Crippen MR) is 119 cm³/mol. The average molecular weight is 382 g/mol. The smallest absolute Gasteiger partial charge is 0.163 e. The molecule has 0 fully saturated rings. The fourth-order valence-corrected chi connectivity index (χ4v) is 3.59. The number of rotatable bonds is 6. The highest BCUT2D eigenvalue weighted by atomic mass is 16.1. The molecule has 0 aliphatic carbocycles. The van der Waals surface area contributed by atoms with Crippen molar-refractivity contribution in [3.63, 3.8) is 0 Å². The summed E-state index contributed by atoms with van der Waals surface area (Å²) in [5, 5.41) is 2.24. The van der Waals surface area contributed by atoms with Crippen molar-refractivity contribution >= 4 is 45.5 Å². The highest BCUT2D eigenvalue weighted by Crippen LogP contribution is 2.20. The second kappa shape index (κ2) is 7.76. The Kier molecular flexibility index (Phi) is 5.00. The van der Waals surface area contributed by atoms with Crippen molar-refractivity contribution in [2.24, 2.45) is 14.1 Å². The molecule has 0 spiro atoms. The van der Waals surface area contributed by atoms with E-state index in [1.807, 2.05) is 83.9 Å². The molecule has 0 N–H and O–H groups in total. The molecule has 0 saturated heterocycles. The first-order chi connectivity index (χ1) is 14.0. The number of nitrogens with zero attached hydrogens (tertiary/aromatic N) is 2. The SMILES string of the molecule is Cn1c(/C=C/C(=O)CC(=O)/C=C/c2cc3ccccc3n2C)cc2ccccc21. The molecule has 0 radical (unpaired) electrons. The van der Waals surface area contributed by atoms with Gasteiger partial charge in [0.1, 0.15) is 0 Å². The first kappa shape index (κ1) is 18.7. The Morgan fingerprint density at radius 1 is 0.724 bits per heavy atom. The number of carbonyl (C=O) groups excluding carboxylic acids is 2. The summed E-state index contributed by atoms with van der Waals surface area (Å²) >= 11 is 0. The van der Waals surface area contributed by atoms with Gasteiger partial charge in [0.05, 0.1) is 6.42 Å². The lowest BCUT2D eigenvalue weighted by atomic mass is 10.1. The van der Waals surface area contributed by atoms with E-state index in [4.69, 9.17) is 0 Å². The molecule has 4 heteroatoms. The number of allylic oxidation sites excluding steroid dienone is 2. The summed E-state index contributed by atoms with van der Waals surface area (Å²) in [5.74, 6) is -0.413. The van der Waals surface area contributed by atoms with Gasteiger partial charge >= 0.3 is 0 Å². The van der Waals surface area contributed by atoms with Crippen LogP contribution in [0, 0.1) is 0 Å². The van der Waals surface area contributed by atoms with Gasteiger partial charge in [-0.3, -0.25) is 9.59 Å². The first-order valence-electron chi connectivity index (χ1n) is 9.53. The molecule has 4 aromatic rings. The Bertz CT molecular complexity index is 1180. The fraction of sp³-hybridized carbons (Fsp3) is 0.120. The van der Waals surface area contributed by atoms with E-state index >= 15 is 0 Å². The zero-order chi connectivity index (χ0) is 20.4. The minimum atomic E-state index is -0.207. The van der Waals surface area contributed by atoms with Crippen molar-refractivity contribution in [1.29, 1.82) is 0 Å². The monoisotopic (exact) mass is 382 g/mol. The normalized spacial score (nSPS) is 11.9. The Morgan fingerprint density at radius 2 is 1.14 bits per heavy atom. The van der Waals surface area contributed by atoms with Crippen molar-refractivity contribution in [3.05, 3.63) is 84.2 Å². The lowest BCUT2D eigenvalue weighted by Crippen LogP contribution is -2.02. The summed E-state index contributed by atoms with van der Waals surface area (Å²) in [6.07, 6.45) is 6.36. The first-order valence-corrected chi connectivity index (χ1v) is 9.53. The highest BCUT2D eigenvalue weighted by molar-refractivity contribution is 6.11. The van der Waals surface area contributed by atoms with Crippen molar-refractivity contribution in [2.75, 3.05) is 0 Å². The van der Waals surface area contributed by atoms with Gasteiger partial charge in [0.2, 0.25) is 0 Å². The van der Waals surface area contributed by atoms with E-state index in [1.165, 1.54) is 12.2 Å². The van der Waals surface area contributed by atoms with Crippen molar-refractivity contribution in [1.82, 2.24) is 9.13 Å². The van der Waals surface area contributed by atoms with Gasteiger partial charge in [-0.1, -0.05) is 36.4 Å². The Morgan fingerprint density at radius 3 is 1.55 bits per heavy atom. The fourth-order valence-electron chi connectivity index (χ4n) is 3.59. The van der Waals surface area contributed by atoms with Gasteiger partial charge in [0.15, 0.2) is 11.6 Å². The lowest BCUT2D eigenvalue weighted by molar-refractivity contribution is -0.121. The number of hydrogen-bond donors (Lipinski definition) is 0. The summed E-state index contributed by atoms with van der Waals surface area (Å²) in [6, 6.07) is 20.2. The van der Waals surface area contributed by atoms with Crippen LogP contribution in [0.4, 0.5) is 0 Å². The summed E-state index contributed by atoms with van der Waals surface area (Å²) in [4.78, 5) is 24.4. The number of fused-ring (bicyclic) bond motifs is 2. The van der Waals surface area contributed by atoms with Crippen LogP contribution >= 0.6 is 0 Å². The number of aryl methyl sites for hydroxylation is 2. The van der Waals surface area contributed by atoms with E-state index in [-0.39, 0.29) is 18.0 Å². The van der Waals surface area contributed by atoms with Crippen LogP contribution in [0.1, 0.15) is 17.8 Å². The van der Waals surface area contributed by atoms with Crippen molar-refractivity contribution in [2.45, 2.75) is 6.42 Å². The standard InChI is InChI=1S/C25H22N2O2/c1-26-20(15-18-7-3-5-9-24(18)26)11-13-22(28)17-23(29)14-12-21-16-19-8-4-6-10-25(19)27(21)2/h3-16H,17H2,1-2H3/b13-11+,14-12+. The zero-order valence-electron chi connectivity index (χ0n) is 16.5. The molecular weight excluding hydrogens is 360 g/mol. The van der Waals surface area contributed by atoms with Crippen molar-refractivity contribution in [3.8, 4) is 0 Å².